The van der Waals surface area contributed by atoms with E-state index >= 15 is 0 Å². The molecule has 11 heteroatoms. The van der Waals surface area contributed by atoms with E-state index in [1.54, 1.807) is 43.4 Å². The Morgan fingerprint density at radius 2 is 1.82 bits per heavy atom. The Labute approximate surface area is 261 Å². The van der Waals surface area contributed by atoms with Crippen LogP contribution >= 0.6 is 0 Å². The Morgan fingerprint density at radius 3 is 2.47 bits per heavy atom. The van der Waals surface area contributed by atoms with Crippen molar-refractivity contribution in [3.05, 3.63) is 106 Å². The highest BCUT2D eigenvalue weighted by molar-refractivity contribution is 7.91. The van der Waals surface area contributed by atoms with E-state index < -0.39 is 32.2 Å². The van der Waals surface area contributed by atoms with Gasteiger partial charge in [0.15, 0.2) is 4.90 Å². The smallest absolute Gasteiger partial charge is 0.277 e. The summed E-state index contributed by atoms with van der Waals surface area (Å²) in [6, 6.07) is 21.6. The predicted molar refractivity (Wildman–Crippen MR) is 167 cm³/mol. The molecule has 0 saturated heterocycles. The van der Waals surface area contributed by atoms with E-state index in [0.717, 1.165) is 24.0 Å². The van der Waals surface area contributed by atoms with Crippen LogP contribution in [0.3, 0.4) is 0 Å². The zero-order valence-electron chi connectivity index (χ0n) is 25.2. The number of aromatic hydroxyl groups is 1. The third-order valence-electron chi connectivity index (χ3n) is 7.77. The lowest BCUT2D eigenvalue weighted by Gasteiger charge is -2.25. The van der Waals surface area contributed by atoms with Crippen LogP contribution in [0, 0.1) is 17.2 Å². The molecule has 45 heavy (non-hydrogen) atoms. The van der Waals surface area contributed by atoms with Gasteiger partial charge >= 0.3 is 0 Å². The number of carbonyl (C=O) groups excluding carboxylic acids is 1. The van der Waals surface area contributed by atoms with Gasteiger partial charge in [0.2, 0.25) is 21.6 Å². The summed E-state index contributed by atoms with van der Waals surface area (Å²) in [6.07, 6.45) is 1.52. The van der Waals surface area contributed by atoms with Gasteiger partial charge in [-0.05, 0) is 79.1 Å². The molecule has 0 spiro atoms. The molecule has 1 amide bonds. The number of hydrogen-bond acceptors (Lipinski definition) is 8. The first kappa shape index (κ1) is 31.6. The Bertz CT molecular complexity index is 1940. The van der Waals surface area contributed by atoms with Crippen molar-refractivity contribution in [3.63, 3.8) is 0 Å². The molecule has 10 nitrogen and oxygen atoms in total. The molecule has 0 aliphatic heterocycles. The SMILES string of the molecule is CNC(=O)Cc1ccccc1-c1ccc(S(=O)(=O)c2c(O)nc(COC(C)C)n([C@H](c3cccc(C#N)c3)C3CC3)c2=O)cc1. The summed E-state index contributed by atoms with van der Waals surface area (Å²) in [4.78, 5) is 29.5. The highest BCUT2D eigenvalue weighted by Gasteiger charge is 2.39. The van der Waals surface area contributed by atoms with E-state index in [4.69, 9.17) is 4.74 Å². The summed E-state index contributed by atoms with van der Waals surface area (Å²) in [5.74, 6) is -0.969. The Balaban J connectivity index is 1.62. The average molecular weight is 627 g/mol. The summed E-state index contributed by atoms with van der Waals surface area (Å²) in [7, 11) is -2.98. The molecule has 1 aliphatic rings. The fourth-order valence-electron chi connectivity index (χ4n) is 5.40. The number of sulfone groups is 1. The van der Waals surface area contributed by atoms with Crippen LogP contribution in [0.5, 0.6) is 5.88 Å². The molecule has 0 radical (unpaired) electrons. The summed E-state index contributed by atoms with van der Waals surface area (Å²) in [5.41, 5.74) is 2.37. The summed E-state index contributed by atoms with van der Waals surface area (Å²) in [6.45, 7) is 3.50. The number of rotatable bonds is 11. The van der Waals surface area contributed by atoms with Crippen molar-refractivity contribution in [1.82, 2.24) is 14.9 Å². The zero-order valence-corrected chi connectivity index (χ0v) is 26.0. The van der Waals surface area contributed by atoms with E-state index in [1.807, 2.05) is 38.1 Å². The number of nitrogens with zero attached hydrogens (tertiary/aromatic N) is 3. The van der Waals surface area contributed by atoms with Gasteiger partial charge in [0, 0.05) is 7.05 Å². The average Bonchev–Trinajstić information content (AvgIpc) is 3.87. The van der Waals surface area contributed by atoms with E-state index in [9.17, 15) is 28.4 Å². The molecule has 0 bridgehead atoms. The Kier molecular flexibility index (Phi) is 9.18. The maximum atomic E-state index is 14.3. The monoisotopic (exact) mass is 626 g/mol. The number of likely N-dealkylation sites (N-methyl/N-ethyl adjacent to an activating group) is 1. The van der Waals surface area contributed by atoms with E-state index in [1.165, 1.54) is 16.7 Å². The molecule has 1 aromatic heterocycles. The minimum Gasteiger partial charge on any atom is -0.492 e. The van der Waals surface area contributed by atoms with Crippen LogP contribution < -0.4 is 10.9 Å². The number of aromatic nitrogens is 2. The van der Waals surface area contributed by atoms with Gasteiger partial charge in [-0.15, -0.1) is 0 Å². The van der Waals surface area contributed by atoms with E-state index in [0.29, 0.717) is 16.7 Å². The van der Waals surface area contributed by atoms with Gasteiger partial charge in [-0.3, -0.25) is 14.2 Å². The molecule has 2 N–H and O–H groups in total. The topological polar surface area (TPSA) is 151 Å². The first-order valence-corrected chi connectivity index (χ1v) is 16.1. The van der Waals surface area contributed by atoms with Crippen molar-refractivity contribution in [1.29, 1.82) is 5.26 Å². The quantitative estimate of drug-likeness (QED) is 0.246. The lowest BCUT2D eigenvalue weighted by molar-refractivity contribution is -0.119. The number of hydrogen-bond donors (Lipinski definition) is 2. The van der Waals surface area contributed by atoms with Crippen LogP contribution in [0.15, 0.2) is 87.4 Å². The molecule has 4 aromatic rings. The fraction of sp³-hybridized carbons (Fsp3) is 0.294. The molecular weight excluding hydrogens is 592 g/mol. The molecule has 3 aromatic carbocycles. The molecule has 0 unspecified atom stereocenters. The van der Waals surface area contributed by atoms with E-state index in [-0.39, 0.29) is 41.7 Å². The second-order valence-electron chi connectivity index (χ2n) is 11.3. The van der Waals surface area contributed by atoms with Crippen molar-refractivity contribution >= 4 is 15.7 Å². The molecule has 1 fully saturated rings. The molecule has 1 heterocycles. The number of nitrogens with one attached hydrogen (secondary N) is 1. The number of ether oxygens (including phenoxy) is 1. The number of nitriles is 1. The molecular formula is C34H34N4O6S. The number of benzene rings is 3. The van der Waals surface area contributed by atoms with Gasteiger partial charge in [-0.1, -0.05) is 48.5 Å². The third-order valence-corrected chi connectivity index (χ3v) is 9.56. The fourth-order valence-corrected chi connectivity index (χ4v) is 6.74. The Morgan fingerprint density at radius 1 is 1.11 bits per heavy atom. The van der Waals surface area contributed by atoms with Gasteiger partial charge in [-0.2, -0.15) is 10.2 Å². The van der Waals surface area contributed by atoms with Gasteiger partial charge in [0.25, 0.3) is 5.56 Å². The van der Waals surface area contributed by atoms with Crippen LogP contribution in [-0.2, 0) is 32.4 Å². The van der Waals surface area contributed by atoms with Crippen LogP contribution in [0.1, 0.15) is 55.2 Å². The standard InChI is InChI=1S/C34H34N4O6S/c1-21(2)44-20-29-37-33(40)32(34(41)38(29)31(24-11-12-24)26-9-6-7-22(17-26)19-35)45(42,43)27-15-13-23(14-16-27)28-10-5-4-8-25(28)18-30(39)36-3/h4-10,13-17,21,24,31,40H,11-12,18,20H2,1-3H3,(H,36,39)/t31-/m0/s1. The molecule has 5 rings (SSSR count). The minimum absolute atomic E-state index is 0.00508. The molecule has 1 atom stereocenters. The van der Waals surface area contributed by atoms with Crippen molar-refractivity contribution in [3.8, 4) is 23.1 Å². The Hall–Kier alpha value is -4.79. The van der Waals surface area contributed by atoms with Crippen LogP contribution in [0.25, 0.3) is 11.1 Å². The first-order valence-electron chi connectivity index (χ1n) is 14.6. The van der Waals surface area contributed by atoms with Crippen LogP contribution in [-0.4, -0.2) is 42.1 Å². The maximum Gasteiger partial charge on any atom is 0.277 e. The molecule has 232 valence electrons. The summed E-state index contributed by atoms with van der Waals surface area (Å²) >= 11 is 0. The lowest BCUT2D eigenvalue weighted by atomic mass is 9.97. The highest BCUT2D eigenvalue weighted by Crippen LogP contribution is 2.44. The second kappa shape index (κ2) is 13.1. The predicted octanol–water partition coefficient (Wildman–Crippen LogP) is 4.53. The molecule has 1 aliphatic carbocycles. The largest absolute Gasteiger partial charge is 0.492 e. The highest BCUT2D eigenvalue weighted by atomic mass is 32.2. The lowest BCUT2D eigenvalue weighted by Crippen LogP contribution is -2.35. The van der Waals surface area contributed by atoms with E-state index in [2.05, 4.69) is 16.4 Å². The van der Waals surface area contributed by atoms with Crippen molar-refractivity contribution in [2.45, 2.75) is 61.7 Å². The van der Waals surface area contributed by atoms with Gasteiger partial charge in [0.1, 0.15) is 12.4 Å². The zero-order chi connectivity index (χ0) is 32.3. The second-order valence-corrected chi connectivity index (χ2v) is 13.2. The van der Waals surface area contributed by atoms with Gasteiger partial charge in [-0.25, -0.2) is 8.42 Å². The third kappa shape index (κ3) is 6.67. The normalized spacial score (nSPS) is 13.8. The van der Waals surface area contributed by atoms with Crippen molar-refractivity contribution in [2.75, 3.05) is 7.05 Å². The number of carbonyl (C=O) groups is 1. The van der Waals surface area contributed by atoms with Crippen molar-refractivity contribution in [2.24, 2.45) is 5.92 Å². The maximum absolute atomic E-state index is 14.3. The van der Waals surface area contributed by atoms with Gasteiger partial charge in [0.05, 0.1) is 35.1 Å². The van der Waals surface area contributed by atoms with Crippen molar-refractivity contribution < 1.29 is 23.1 Å². The number of amides is 1. The summed E-state index contributed by atoms with van der Waals surface area (Å²) < 4.78 is 35.1. The summed E-state index contributed by atoms with van der Waals surface area (Å²) in [5, 5.41) is 23.1. The molecule has 1 saturated carbocycles. The van der Waals surface area contributed by atoms with Gasteiger partial charge < -0.3 is 15.2 Å². The minimum atomic E-state index is -4.54. The first-order chi connectivity index (χ1) is 21.5. The van der Waals surface area contributed by atoms with Crippen LogP contribution in [0.4, 0.5) is 0 Å². The van der Waals surface area contributed by atoms with Crippen LogP contribution in [0.2, 0.25) is 0 Å².